The summed E-state index contributed by atoms with van der Waals surface area (Å²) >= 11 is 18.5. The molecule has 0 atom stereocenters. The number of allylic oxidation sites excluding steroid dienone is 5. The summed E-state index contributed by atoms with van der Waals surface area (Å²) in [5.74, 6) is -0.641. The summed E-state index contributed by atoms with van der Waals surface area (Å²) in [5, 5.41) is 9.86. The molecule has 0 amide bonds. The van der Waals surface area contributed by atoms with Crippen molar-refractivity contribution in [2.24, 2.45) is 0 Å². The number of Topliss-reactive ketones (excluding diaryl/α,β-unsaturated/α-hetero) is 1. The topological polar surface area (TPSA) is 94.5 Å². The van der Waals surface area contributed by atoms with E-state index in [1.165, 1.54) is 42.5 Å². The van der Waals surface area contributed by atoms with Crippen molar-refractivity contribution in [3.63, 3.8) is 0 Å². The summed E-state index contributed by atoms with van der Waals surface area (Å²) in [7, 11) is -4.82. The minimum Gasteiger partial charge on any atom is -0.744 e. The summed E-state index contributed by atoms with van der Waals surface area (Å²) in [5.41, 5.74) is 1.13. The molecule has 0 aliphatic heterocycles. The molecular formula is C19H9Br2Cl2NaO5S. The Hall–Kier alpha value is -0.420. The SMILES string of the molecule is O=C1C(Cl)=C/C(=C(/c2cc(Cl)c(O)c(Br)c2)c2ccccc2S(=O)(=O)[O-])C=C1Br.[Na+]. The zero-order valence-electron chi connectivity index (χ0n) is 15.1. The van der Waals surface area contributed by atoms with Gasteiger partial charge in [-0.2, -0.15) is 0 Å². The number of aromatic hydroxyl groups is 1. The van der Waals surface area contributed by atoms with E-state index in [2.05, 4.69) is 31.9 Å². The van der Waals surface area contributed by atoms with Gasteiger partial charge in [-0.25, -0.2) is 8.42 Å². The van der Waals surface area contributed by atoms with Crippen molar-refractivity contribution in [1.82, 2.24) is 0 Å². The van der Waals surface area contributed by atoms with E-state index in [1.54, 1.807) is 6.07 Å². The Kier molecular flexibility index (Phi) is 8.63. The van der Waals surface area contributed by atoms with Crippen molar-refractivity contribution in [3.8, 4) is 5.75 Å². The summed E-state index contributed by atoms with van der Waals surface area (Å²) in [6, 6.07) is 8.57. The second-order valence-corrected chi connectivity index (χ2v) is 9.75. The predicted octanol–water partition coefficient (Wildman–Crippen LogP) is 2.50. The van der Waals surface area contributed by atoms with Crippen LogP contribution >= 0.6 is 55.1 Å². The average Bonchev–Trinajstić information content (AvgIpc) is 2.64. The molecule has 0 spiro atoms. The number of halogens is 4. The summed E-state index contributed by atoms with van der Waals surface area (Å²) < 4.78 is 36.0. The van der Waals surface area contributed by atoms with E-state index in [0.29, 0.717) is 11.1 Å². The molecule has 0 heterocycles. The first-order chi connectivity index (χ1) is 13.5. The molecule has 30 heavy (non-hydrogen) atoms. The minimum absolute atomic E-state index is 0. The van der Waals surface area contributed by atoms with Crippen molar-refractivity contribution in [2.45, 2.75) is 4.90 Å². The molecule has 0 bridgehead atoms. The molecule has 0 radical (unpaired) electrons. The zero-order valence-corrected chi connectivity index (χ0v) is 22.6. The van der Waals surface area contributed by atoms with Gasteiger partial charge >= 0.3 is 29.6 Å². The summed E-state index contributed by atoms with van der Waals surface area (Å²) in [6.07, 6.45) is 2.83. The molecule has 3 rings (SSSR count). The second kappa shape index (κ2) is 10.0. The first-order valence-corrected chi connectivity index (χ1v) is 11.5. The second-order valence-electron chi connectivity index (χ2n) is 5.88. The summed E-state index contributed by atoms with van der Waals surface area (Å²) in [4.78, 5) is 11.5. The molecule has 0 unspecified atom stereocenters. The maximum atomic E-state index is 12.0. The fraction of sp³-hybridized carbons (Fsp3) is 0. The number of phenolic OH excluding ortho intramolecular Hbond substituents is 1. The molecule has 150 valence electrons. The smallest absolute Gasteiger partial charge is 0.744 e. The maximum absolute atomic E-state index is 12.0. The van der Waals surface area contributed by atoms with Gasteiger partial charge in [0.05, 0.1) is 23.9 Å². The van der Waals surface area contributed by atoms with Gasteiger partial charge in [-0.3, -0.25) is 4.79 Å². The Labute approximate surface area is 221 Å². The van der Waals surface area contributed by atoms with Gasteiger partial charge in [0.25, 0.3) is 0 Å². The van der Waals surface area contributed by atoms with E-state index in [0.717, 1.165) is 0 Å². The number of carbonyl (C=O) groups excluding carboxylic acids is 1. The Balaban J connectivity index is 0.00000320. The fourth-order valence-electron chi connectivity index (χ4n) is 2.78. The third-order valence-corrected chi connectivity index (χ3v) is 6.68. The number of hydrogen-bond acceptors (Lipinski definition) is 5. The Morgan fingerprint density at radius 3 is 2.27 bits per heavy atom. The van der Waals surface area contributed by atoms with E-state index in [1.807, 2.05) is 0 Å². The first kappa shape index (κ1) is 25.8. The van der Waals surface area contributed by atoms with Crippen LogP contribution in [0.2, 0.25) is 5.02 Å². The third kappa shape index (κ3) is 5.31. The zero-order chi connectivity index (χ0) is 21.5. The van der Waals surface area contributed by atoms with E-state index in [4.69, 9.17) is 23.2 Å². The molecule has 2 aromatic rings. The van der Waals surface area contributed by atoms with E-state index in [9.17, 15) is 22.9 Å². The molecule has 1 aliphatic rings. The van der Waals surface area contributed by atoms with Crippen molar-refractivity contribution >= 4 is 76.5 Å². The van der Waals surface area contributed by atoms with Crippen molar-refractivity contribution < 1.29 is 52.4 Å². The number of rotatable bonds is 3. The molecule has 0 saturated carbocycles. The molecule has 5 nitrogen and oxygen atoms in total. The number of carbonyl (C=O) groups is 1. The number of hydrogen-bond donors (Lipinski definition) is 1. The Morgan fingerprint density at radius 2 is 1.70 bits per heavy atom. The average molecular weight is 603 g/mol. The van der Waals surface area contributed by atoms with Gasteiger partial charge in [-0.15, -0.1) is 0 Å². The first-order valence-electron chi connectivity index (χ1n) is 7.77. The largest absolute Gasteiger partial charge is 1.00 e. The molecule has 11 heteroatoms. The van der Waals surface area contributed by atoms with Crippen LogP contribution < -0.4 is 29.6 Å². The van der Waals surface area contributed by atoms with Gasteiger partial charge < -0.3 is 9.66 Å². The molecule has 1 aliphatic carbocycles. The third-order valence-electron chi connectivity index (χ3n) is 4.02. The Bertz CT molecular complexity index is 1210. The van der Waals surface area contributed by atoms with E-state index in [-0.39, 0.29) is 65.5 Å². The molecule has 1 N–H and O–H groups in total. The van der Waals surface area contributed by atoms with Crippen LogP contribution in [0.4, 0.5) is 0 Å². The van der Waals surface area contributed by atoms with Crippen LogP contribution in [0.25, 0.3) is 5.57 Å². The van der Waals surface area contributed by atoms with Crippen molar-refractivity contribution in [3.05, 3.63) is 84.3 Å². The normalized spacial score (nSPS) is 15.8. The van der Waals surface area contributed by atoms with E-state index < -0.39 is 20.8 Å². The monoisotopic (exact) mass is 600 g/mol. The van der Waals surface area contributed by atoms with Crippen molar-refractivity contribution in [1.29, 1.82) is 0 Å². The van der Waals surface area contributed by atoms with Crippen LogP contribution in [0, 0.1) is 0 Å². The summed E-state index contributed by atoms with van der Waals surface area (Å²) in [6.45, 7) is 0. The molecule has 0 aromatic heterocycles. The number of phenols is 1. The maximum Gasteiger partial charge on any atom is 1.00 e. The minimum atomic E-state index is -4.82. The van der Waals surface area contributed by atoms with Crippen LogP contribution in [-0.2, 0) is 14.9 Å². The Morgan fingerprint density at radius 1 is 1.07 bits per heavy atom. The van der Waals surface area contributed by atoms with Gasteiger partial charge in [0.1, 0.15) is 15.9 Å². The predicted molar refractivity (Wildman–Crippen MR) is 117 cm³/mol. The quantitative estimate of drug-likeness (QED) is 0.431. The van der Waals surface area contributed by atoms with Crippen LogP contribution in [0.3, 0.4) is 0 Å². The molecular weight excluding hydrogens is 594 g/mol. The molecule has 0 fully saturated rings. The molecule has 0 saturated heterocycles. The van der Waals surface area contributed by atoms with E-state index >= 15 is 0 Å². The standard InChI is InChI=1S/C19H10Br2Cl2O5S.Na/c20-12-5-9(7-14(22)18(12)24)17(10-6-13(21)19(25)15(23)8-10)11-3-1-2-4-16(11)29(26,27)28;/h1-8,24H,(H,26,27,28);/q;+1/p-1/b17-10-;. The van der Waals surface area contributed by atoms with Crippen molar-refractivity contribution in [2.75, 3.05) is 0 Å². The van der Waals surface area contributed by atoms with Crippen LogP contribution in [0.1, 0.15) is 11.1 Å². The number of ketones is 1. The van der Waals surface area contributed by atoms with Crippen LogP contribution in [0.5, 0.6) is 5.75 Å². The van der Waals surface area contributed by atoms with Crippen LogP contribution in [-0.4, -0.2) is 23.9 Å². The van der Waals surface area contributed by atoms with Crippen LogP contribution in [0.15, 0.2) is 73.0 Å². The van der Waals surface area contributed by atoms with Gasteiger partial charge in [0, 0.05) is 5.56 Å². The van der Waals surface area contributed by atoms with Gasteiger partial charge in [0.2, 0.25) is 5.78 Å². The van der Waals surface area contributed by atoms with Gasteiger partial charge in [0.15, 0.2) is 0 Å². The number of benzene rings is 2. The van der Waals surface area contributed by atoms with Gasteiger partial charge in [-0.05, 0) is 78.9 Å². The molecule has 2 aromatic carbocycles. The van der Waals surface area contributed by atoms with Gasteiger partial charge in [-0.1, -0.05) is 41.4 Å². The fourth-order valence-corrected chi connectivity index (χ4v) is 5.05.